The molecular formula is C31H25NO3. The Balaban J connectivity index is 1.44. The minimum atomic E-state index is -0.381. The minimum absolute atomic E-state index is 0.0578. The molecule has 0 N–H and O–H groups in total. The standard InChI is InChI=1S/C31H25NO3/c33-30(24-16-8-13-22-12-4-5-14-23(22)24)32-27-18-7-6-15-25(27)29-26(17-9-19-28(29)32)31(34)35-20-21-10-2-1-3-11-21/h1-8,10-16,18,26H,9,17,19-20H2. The number of aromatic nitrogens is 1. The van der Waals surface area contributed by atoms with Crippen LogP contribution in [-0.2, 0) is 22.6 Å². The molecule has 0 bridgehead atoms. The first-order valence-electron chi connectivity index (χ1n) is 12.1. The molecule has 0 spiro atoms. The van der Waals surface area contributed by atoms with Gasteiger partial charge in [-0.15, -0.1) is 0 Å². The molecular weight excluding hydrogens is 434 g/mol. The fraction of sp³-hybridized carbons (Fsp3) is 0.161. The molecule has 1 atom stereocenters. The van der Waals surface area contributed by atoms with Crippen LogP contribution in [0.1, 0.15) is 45.9 Å². The van der Waals surface area contributed by atoms with E-state index in [9.17, 15) is 9.59 Å². The number of fused-ring (bicyclic) bond motifs is 4. The quantitative estimate of drug-likeness (QED) is 0.283. The Kier molecular flexibility index (Phi) is 5.42. The maximum atomic E-state index is 14.0. The number of esters is 1. The van der Waals surface area contributed by atoms with Gasteiger partial charge in [0.15, 0.2) is 0 Å². The number of nitrogens with zero attached hydrogens (tertiary/aromatic N) is 1. The van der Waals surface area contributed by atoms with Crippen LogP contribution in [0.2, 0.25) is 0 Å². The van der Waals surface area contributed by atoms with Gasteiger partial charge in [0.1, 0.15) is 6.61 Å². The lowest BCUT2D eigenvalue weighted by molar-refractivity contribution is -0.147. The number of benzene rings is 4. The monoisotopic (exact) mass is 459 g/mol. The van der Waals surface area contributed by atoms with Crippen molar-refractivity contribution in [3.63, 3.8) is 0 Å². The van der Waals surface area contributed by atoms with Crippen molar-refractivity contribution >= 4 is 33.6 Å². The number of carbonyl (C=O) groups is 2. The molecule has 1 aliphatic carbocycles. The number of para-hydroxylation sites is 1. The highest BCUT2D eigenvalue weighted by atomic mass is 16.5. The highest BCUT2D eigenvalue weighted by Crippen LogP contribution is 2.40. The molecule has 5 aromatic rings. The summed E-state index contributed by atoms with van der Waals surface area (Å²) in [5, 5.41) is 2.92. The number of rotatable bonds is 4. The molecule has 0 saturated heterocycles. The zero-order valence-corrected chi connectivity index (χ0v) is 19.3. The molecule has 1 heterocycles. The van der Waals surface area contributed by atoms with Gasteiger partial charge in [0.05, 0.1) is 11.4 Å². The molecule has 0 saturated carbocycles. The summed E-state index contributed by atoms with van der Waals surface area (Å²) in [7, 11) is 0. The summed E-state index contributed by atoms with van der Waals surface area (Å²) in [5.41, 5.74) is 4.35. The maximum absolute atomic E-state index is 14.0. The Labute approximate surface area is 203 Å². The molecule has 1 unspecified atom stereocenters. The van der Waals surface area contributed by atoms with Crippen molar-refractivity contribution in [3.05, 3.63) is 119 Å². The SMILES string of the molecule is O=C(OCc1ccccc1)C1CCCc2c1c1ccccc1n2C(=O)c1cccc2ccccc12. The summed E-state index contributed by atoms with van der Waals surface area (Å²) in [6.45, 7) is 0.249. The average molecular weight is 460 g/mol. The van der Waals surface area contributed by atoms with Crippen LogP contribution in [-0.4, -0.2) is 16.4 Å². The summed E-state index contributed by atoms with van der Waals surface area (Å²) < 4.78 is 7.59. The van der Waals surface area contributed by atoms with E-state index in [0.717, 1.165) is 57.8 Å². The van der Waals surface area contributed by atoms with Gasteiger partial charge in [-0.3, -0.25) is 14.2 Å². The average Bonchev–Trinajstić information content (AvgIpc) is 3.26. The first-order valence-corrected chi connectivity index (χ1v) is 12.1. The van der Waals surface area contributed by atoms with Crippen LogP contribution in [0.5, 0.6) is 0 Å². The molecule has 4 heteroatoms. The van der Waals surface area contributed by atoms with Crippen LogP contribution in [0.15, 0.2) is 97.1 Å². The van der Waals surface area contributed by atoms with Gasteiger partial charge in [-0.05, 0) is 53.3 Å². The fourth-order valence-electron chi connectivity index (χ4n) is 5.40. The lowest BCUT2D eigenvalue weighted by atomic mass is 9.85. The van der Waals surface area contributed by atoms with Crippen LogP contribution >= 0.6 is 0 Å². The first-order chi connectivity index (χ1) is 17.2. The maximum Gasteiger partial charge on any atom is 0.313 e. The van der Waals surface area contributed by atoms with Gasteiger partial charge >= 0.3 is 5.97 Å². The molecule has 35 heavy (non-hydrogen) atoms. The number of ether oxygens (including phenoxy) is 1. The minimum Gasteiger partial charge on any atom is -0.460 e. The zero-order valence-electron chi connectivity index (χ0n) is 19.3. The predicted molar refractivity (Wildman–Crippen MR) is 138 cm³/mol. The smallest absolute Gasteiger partial charge is 0.313 e. The van der Waals surface area contributed by atoms with Crippen molar-refractivity contribution in [2.75, 3.05) is 0 Å². The Morgan fingerprint density at radius 1 is 0.800 bits per heavy atom. The van der Waals surface area contributed by atoms with Crippen molar-refractivity contribution in [1.82, 2.24) is 4.57 Å². The Morgan fingerprint density at radius 3 is 2.37 bits per heavy atom. The van der Waals surface area contributed by atoms with Gasteiger partial charge in [0.2, 0.25) is 0 Å². The Bertz CT molecular complexity index is 1560. The highest BCUT2D eigenvalue weighted by Gasteiger charge is 2.34. The van der Waals surface area contributed by atoms with Gasteiger partial charge in [-0.2, -0.15) is 0 Å². The number of carbonyl (C=O) groups excluding carboxylic acids is 2. The molecule has 0 amide bonds. The fourth-order valence-corrected chi connectivity index (χ4v) is 5.40. The van der Waals surface area contributed by atoms with Crippen molar-refractivity contribution in [2.45, 2.75) is 31.8 Å². The van der Waals surface area contributed by atoms with E-state index in [1.807, 2.05) is 102 Å². The van der Waals surface area contributed by atoms with Gasteiger partial charge in [0, 0.05) is 16.6 Å². The summed E-state index contributed by atoms with van der Waals surface area (Å²) in [4.78, 5) is 27.3. The highest BCUT2D eigenvalue weighted by molar-refractivity contribution is 6.12. The van der Waals surface area contributed by atoms with E-state index in [1.54, 1.807) is 0 Å². The third kappa shape index (κ3) is 3.71. The third-order valence-corrected chi connectivity index (χ3v) is 7.00. The molecule has 1 aliphatic rings. The van der Waals surface area contributed by atoms with E-state index in [-0.39, 0.29) is 24.4 Å². The van der Waals surface area contributed by atoms with Gasteiger partial charge in [-0.1, -0.05) is 84.9 Å². The summed E-state index contributed by atoms with van der Waals surface area (Å²) in [5.74, 6) is -0.665. The van der Waals surface area contributed by atoms with Crippen molar-refractivity contribution in [3.8, 4) is 0 Å². The summed E-state index contributed by atoms with van der Waals surface area (Å²) in [6.07, 6.45) is 2.30. The topological polar surface area (TPSA) is 48.3 Å². The lowest BCUT2D eigenvalue weighted by Gasteiger charge is -2.23. The second kappa shape index (κ2) is 8.88. The van der Waals surface area contributed by atoms with E-state index in [4.69, 9.17) is 4.74 Å². The van der Waals surface area contributed by atoms with E-state index in [2.05, 4.69) is 0 Å². The Morgan fingerprint density at radius 2 is 1.51 bits per heavy atom. The molecule has 0 radical (unpaired) electrons. The molecule has 4 nitrogen and oxygen atoms in total. The zero-order chi connectivity index (χ0) is 23.8. The van der Waals surface area contributed by atoms with Crippen LogP contribution < -0.4 is 0 Å². The van der Waals surface area contributed by atoms with Crippen LogP contribution in [0.3, 0.4) is 0 Å². The Hall–Kier alpha value is -4.18. The van der Waals surface area contributed by atoms with Gasteiger partial charge in [-0.25, -0.2) is 0 Å². The van der Waals surface area contributed by atoms with Crippen molar-refractivity contribution in [1.29, 1.82) is 0 Å². The molecule has 6 rings (SSSR count). The van der Waals surface area contributed by atoms with Gasteiger partial charge < -0.3 is 4.74 Å². The van der Waals surface area contributed by atoms with E-state index in [0.29, 0.717) is 5.56 Å². The summed E-state index contributed by atoms with van der Waals surface area (Å²) in [6, 6.07) is 31.4. The normalized spacial score (nSPS) is 15.1. The summed E-state index contributed by atoms with van der Waals surface area (Å²) >= 11 is 0. The van der Waals surface area contributed by atoms with Crippen LogP contribution in [0.25, 0.3) is 21.7 Å². The van der Waals surface area contributed by atoms with E-state index < -0.39 is 0 Å². The molecule has 1 aromatic heterocycles. The lowest BCUT2D eigenvalue weighted by Crippen LogP contribution is -2.23. The number of hydrogen-bond acceptors (Lipinski definition) is 3. The van der Waals surface area contributed by atoms with Gasteiger partial charge in [0.25, 0.3) is 5.91 Å². The van der Waals surface area contributed by atoms with E-state index in [1.165, 1.54) is 0 Å². The third-order valence-electron chi connectivity index (χ3n) is 7.00. The molecule has 0 fully saturated rings. The second-order valence-electron chi connectivity index (χ2n) is 9.08. The van der Waals surface area contributed by atoms with Crippen molar-refractivity contribution < 1.29 is 14.3 Å². The second-order valence-corrected chi connectivity index (χ2v) is 9.08. The van der Waals surface area contributed by atoms with Crippen molar-refractivity contribution in [2.24, 2.45) is 0 Å². The predicted octanol–water partition coefficient (Wildman–Crippen LogP) is 6.65. The molecule has 0 aliphatic heterocycles. The van der Waals surface area contributed by atoms with E-state index >= 15 is 0 Å². The number of hydrogen-bond donors (Lipinski definition) is 0. The largest absolute Gasteiger partial charge is 0.460 e. The first kappa shape index (κ1) is 21.4. The van der Waals surface area contributed by atoms with Crippen LogP contribution in [0.4, 0.5) is 0 Å². The van der Waals surface area contributed by atoms with Crippen LogP contribution in [0, 0.1) is 0 Å². The molecule has 172 valence electrons. The molecule has 4 aromatic carbocycles.